The number of rotatable bonds is 4. The lowest BCUT2D eigenvalue weighted by Gasteiger charge is -2.38. The monoisotopic (exact) mass is 583 g/mol. The van der Waals surface area contributed by atoms with Crippen LogP contribution in [0, 0.1) is 0 Å². The molecular formula is C38H34BrN. The topological polar surface area (TPSA) is 3.24 Å². The second-order valence-electron chi connectivity index (χ2n) is 11.7. The molecule has 0 aromatic heterocycles. The van der Waals surface area contributed by atoms with Gasteiger partial charge in [0.15, 0.2) is 0 Å². The van der Waals surface area contributed by atoms with Crippen molar-refractivity contribution in [3.05, 3.63) is 128 Å². The maximum Gasteiger partial charge on any atom is 0.0563 e. The summed E-state index contributed by atoms with van der Waals surface area (Å²) < 4.78 is 1.25. The van der Waals surface area contributed by atoms with Gasteiger partial charge in [0.1, 0.15) is 0 Å². The lowest BCUT2D eigenvalue weighted by Crippen LogP contribution is -2.35. The molecule has 0 saturated carbocycles. The number of aryl methyl sites for hydroxylation is 2. The van der Waals surface area contributed by atoms with Crippen LogP contribution in [0.3, 0.4) is 0 Å². The lowest BCUT2D eigenvalue weighted by atomic mass is 9.78. The Bertz CT molecular complexity index is 1890. The summed E-state index contributed by atoms with van der Waals surface area (Å²) >= 11 is 4.03. The number of hydrogen-bond donors (Lipinski definition) is 0. The molecule has 3 aromatic rings. The largest absolute Gasteiger partial charge is 0.338 e. The first-order valence-electron chi connectivity index (χ1n) is 15.1. The molecule has 40 heavy (non-hydrogen) atoms. The zero-order chi connectivity index (χ0) is 26.6. The van der Waals surface area contributed by atoms with Crippen molar-refractivity contribution in [3.8, 4) is 0 Å². The van der Waals surface area contributed by atoms with Crippen molar-refractivity contribution < 1.29 is 0 Å². The second-order valence-corrected chi connectivity index (χ2v) is 12.6. The van der Waals surface area contributed by atoms with Crippen molar-refractivity contribution in [2.24, 2.45) is 0 Å². The van der Waals surface area contributed by atoms with Crippen LogP contribution in [0.15, 0.2) is 106 Å². The minimum absolute atomic E-state index is 0.312. The number of benzene rings is 3. The Balaban J connectivity index is 1.30. The van der Waals surface area contributed by atoms with Crippen molar-refractivity contribution in [1.82, 2.24) is 4.90 Å². The summed E-state index contributed by atoms with van der Waals surface area (Å²) in [4.78, 5) is 2.63. The van der Waals surface area contributed by atoms with E-state index in [1.54, 1.807) is 11.1 Å². The van der Waals surface area contributed by atoms with Crippen LogP contribution >= 0.6 is 15.9 Å². The normalized spacial score (nSPS) is 21.5. The van der Waals surface area contributed by atoms with Crippen molar-refractivity contribution in [3.63, 3.8) is 0 Å². The van der Waals surface area contributed by atoms with E-state index in [2.05, 4.69) is 112 Å². The predicted molar refractivity (Wildman–Crippen MR) is 173 cm³/mol. The van der Waals surface area contributed by atoms with Gasteiger partial charge in [-0.1, -0.05) is 88.8 Å². The molecule has 2 heteroatoms. The SMILES string of the molecule is BrC1=C(C2=c3cccc4c5c6c(cccc6c(c34)CC2)=CCC5)CC(N(C2=CCCC=C2)C2=CC=CCC2)C=C1. The van der Waals surface area contributed by atoms with Gasteiger partial charge in [-0.2, -0.15) is 0 Å². The van der Waals surface area contributed by atoms with Crippen LogP contribution in [0.2, 0.25) is 0 Å². The molecule has 0 bridgehead atoms. The van der Waals surface area contributed by atoms with E-state index in [0.717, 1.165) is 57.8 Å². The van der Waals surface area contributed by atoms with Crippen LogP contribution < -0.4 is 10.4 Å². The highest BCUT2D eigenvalue weighted by Crippen LogP contribution is 2.41. The van der Waals surface area contributed by atoms with Gasteiger partial charge in [-0.05, 0) is 130 Å². The summed E-state index contributed by atoms with van der Waals surface area (Å²) in [6.07, 6.45) is 31.2. The molecule has 3 aromatic carbocycles. The van der Waals surface area contributed by atoms with Crippen molar-refractivity contribution in [2.45, 2.75) is 63.8 Å². The first-order valence-corrected chi connectivity index (χ1v) is 15.8. The van der Waals surface area contributed by atoms with Gasteiger partial charge in [-0.25, -0.2) is 0 Å². The maximum atomic E-state index is 4.03. The smallest absolute Gasteiger partial charge is 0.0563 e. The highest BCUT2D eigenvalue weighted by molar-refractivity contribution is 9.11. The summed E-state index contributed by atoms with van der Waals surface area (Å²) in [5.74, 6) is 0. The van der Waals surface area contributed by atoms with Crippen LogP contribution in [0.4, 0.5) is 0 Å². The van der Waals surface area contributed by atoms with E-state index in [9.17, 15) is 0 Å². The van der Waals surface area contributed by atoms with E-state index >= 15 is 0 Å². The molecule has 0 N–H and O–H groups in total. The van der Waals surface area contributed by atoms with Gasteiger partial charge < -0.3 is 4.90 Å². The summed E-state index contributed by atoms with van der Waals surface area (Å²) in [6.45, 7) is 0. The Morgan fingerprint density at radius 1 is 0.725 bits per heavy atom. The molecular weight excluding hydrogens is 550 g/mol. The molecule has 0 heterocycles. The zero-order valence-electron chi connectivity index (χ0n) is 22.9. The second kappa shape index (κ2) is 9.93. The molecule has 1 unspecified atom stereocenters. The van der Waals surface area contributed by atoms with Crippen LogP contribution in [0.1, 0.15) is 56.1 Å². The number of halogens is 1. The van der Waals surface area contributed by atoms with Gasteiger partial charge in [-0.15, -0.1) is 0 Å². The molecule has 0 radical (unpaired) electrons. The molecule has 0 spiro atoms. The Morgan fingerprint density at radius 2 is 1.60 bits per heavy atom. The van der Waals surface area contributed by atoms with E-state index in [4.69, 9.17) is 0 Å². The lowest BCUT2D eigenvalue weighted by molar-refractivity contribution is 0.353. The third-order valence-corrected chi connectivity index (χ3v) is 10.3. The summed E-state index contributed by atoms with van der Waals surface area (Å²) in [5, 5.41) is 8.88. The molecule has 5 aliphatic carbocycles. The van der Waals surface area contributed by atoms with Crippen LogP contribution in [-0.2, 0) is 12.8 Å². The highest BCUT2D eigenvalue weighted by Gasteiger charge is 2.29. The van der Waals surface area contributed by atoms with Crippen molar-refractivity contribution in [1.29, 1.82) is 0 Å². The summed E-state index contributed by atoms with van der Waals surface area (Å²) in [5.41, 5.74) is 8.94. The average molecular weight is 585 g/mol. The maximum absolute atomic E-state index is 4.03. The minimum Gasteiger partial charge on any atom is -0.338 e. The first-order chi connectivity index (χ1) is 19.8. The predicted octanol–water partition coefficient (Wildman–Crippen LogP) is 8.56. The van der Waals surface area contributed by atoms with E-state index < -0.39 is 0 Å². The molecule has 0 aliphatic heterocycles. The van der Waals surface area contributed by atoms with Crippen LogP contribution in [0.5, 0.6) is 0 Å². The fraction of sp³-hybridized carbons (Fsp3) is 0.263. The van der Waals surface area contributed by atoms with Gasteiger partial charge >= 0.3 is 0 Å². The van der Waals surface area contributed by atoms with Gasteiger partial charge in [0.25, 0.3) is 0 Å². The fourth-order valence-electron chi connectivity index (χ4n) is 7.82. The molecule has 1 nitrogen and oxygen atoms in total. The first kappa shape index (κ1) is 24.4. The molecule has 0 amide bonds. The third kappa shape index (κ3) is 3.87. The molecule has 8 rings (SSSR count). The summed E-state index contributed by atoms with van der Waals surface area (Å²) in [7, 11) is 0. The van der Waals surface area contributed by atoms with Crippen LogP contribution in [0.25, 0.3) is 33.2 Å². The quantitative estimate of drug-likeness (QED) is 0.278. The Morgan fingerprint density at radius 3 is 2.45 bits per heavy atom. The third-order valence-electron chi connectivity index (χ3n) is 9.54. The molecule has 1 atom stereocenters. The molecule has 5 aliphatic rings. The number of nitrogens with zero attached hydrogens (tertiary/aromatic N) is 1. The van der Waals surface area contributed by atoms with E-state index in [1.807, 2.05) is 0 Å². The standard InChI is InChI=1S/C38H34BrN/c39-36-23-20-28(40(26-12-3-1-4-13-26)27-14-5-2-6-15-27)24-35(36)29-21-22-34-32-17-8-11-25-10-7-16-31(37(25)32)33-19-9-18-30(29)38(33)34/h1,3,5,8-12,14-15,17-20,23,28H,2,4,6-7,13,16,21-22,24H2. The van der Waals surface area contributed by atoms with Crippen molar-refractivity contribution in [2.75, 3.05) is 0 Å². The number of fused-ring (bicyclic) bond motifs is 2. The molecule has 198 valence electrons. The van der Waals surface area contributed by atoms with E-state index in [0.29, 0.717) is 6.04 Å². The minimum atomic E-state index is 0.312. The van der Waals surface area contributed by atoms with Gasteiger partial charge in [0.05, 0.1) is 6.04 Å². The fourth-order valence-corrected chi connectivity index (χ4v) is 8.38. The Kier molecular flexibility index (Phi) is 6.06. The van der Waals surface area contributed by atoms with Gasteiger partial charge in [-0.3, -0.25) is 0 Å². The molecule has 0 fully saturated rings. The highest BCUT2D eigenvalue weighted by atomic mass is 79.9. The zero-order valence-corrected chi connectivity index (χ0v) is 24.5. The van der Waals surface area contributed by atoms with Gasteiger partial charge in [0.2, 0.25) is 0 Å². The number of hydrogen-bond acceptors (Lipinski definition) is 1. The summed E-state index contributed by atoms with van der Waals surface area (Å²) in [6, 6.07) is 14.4. The van der Waals surface area contributed by atoms with E-state index in [-0.39, 0.29) is 0 Å². The Labute approximate surface area is 245 Å². The average Bonchev–Trinajstić information content (AvgIpc) is 3.02. The Hall–Kier alpha value is -3.36. The van der Waals surface area contributed by atoms with Gasteiger partial charge in [0, 0.05) is 15.9 Å². The van der Waals surface area contributed by atoms with Crippen LogP contribution in [-0.4, -0.2) is 10.9 Å². The molecule has 0 saturated heterocycles. The number of allylic oxidation sites excluding steroid dienone is 9. The van der Waals surface area contributed by atoms with Crippen molar-refractivity contribution >= 4 is 49.1 Å². The van der Waals surface area contributed by atoms with E-state index in [1.165, 1.54) is 59.0 Å².